The van der Waals surface area contributed by atoms with E-state index in [1.165, 1.54) is 9.21 Å². The first-order chi connectivity index (χ1) is 15.7. The number of benzene rings is 2. The molecule has 2 aromatic carbocycles. The van der Waals surface area contributed by atoms with Crippen LogP contribution in [0.4, 0.5) is 0 Å². The third-order valence-electron chi connectivity index (χ3n) is 6.33. The van der Waals surface area contributed by atoms with Gasteiger partial charge < -0.3 is 15.0 Å². The number of sulfonamides is 1. The van der Waals surface area contributed by atoms with E-state index in [-0.39, 0.29) is 31.1 Å². The lowest BCUT2D eigenvalue weighted by molar-refractivity contribution is -0.151. The fraction of sp³-hybridized carbons (Fsp3) is 0.417. The van der Waals surface area contributed by atoms with Gasteiger partial charge in [-0.1, -0.05) is 47.5 Å². The number of amides is 2. The average Bonchev–Trinajstić information content (AvgIpc) is 3.22. The Morgan fingerprint density at radius 2 is 1.52 bits per heavy atom. The predicted molar refractivity (Wildman–Crippen MR) is 123 cm³/mol. The van der Waals surface area contributed by atoms with E-state index in [1.54, 1.807) is 24.3 Å². The lowest BCUT2D eigenvalue weighted by atomic mass is 10.0. The molecule has 2 saturated heterocycles. The van der Waals surface area contributed by atoms with Gasteiger partial charge in [0.2, 0.25) is 10.0 Å². The number of hydrogen-bond donors (Lipinski definition) is 1. The number of likely N-dealkylation sites (tertiary alicyclic amines) is 1. The molecule has 0 bridgehead atoms. The van der Waals surface area contributed by atoms with Gasteiger partial charge in [0.25, 0.3) is 0 Å². The Morgan fingerprint density at radius 1 is 0.939 bits per heavy atom. The molecule has 2 aromatic rings. The Morgan fingerprint density at radius 3 is 2.12 bits per heavy atom. The van der Waals surface area contributed by atoms with Gasteiger partial charge in [-0.15, -0.1) is 0 Å². The maximum absolute atomic E-state index is 13.3. The summed E-state index contributed by atoms with van der Waals surface area (Å²) in [6.45, 7) is 5.22. The largest absolute Gasteiger partial charge is 0.358 e. The maximum atomic E-state index is 13.3. The summed E-state index contributed by atoms with van der Waals surface area (Å²) in [7, 11) is -3.73. The topological polar surface area (TPSA) is 96.0 Å². The van der Waals surface area contributed by atoms with Crippen LogP contribution in [0.25, 0.3) is 0 Å². The molecule has 33 heavy (non-hydrogen) atoms. The van der Waals surface area contributed by atoms with Crippen LogP contribution in [0, 0.1) is 13.8 Å². The van der Waals surface area contributed by atoms with Gasteiger partial charge in [-0.2, -0.15) is 4.31 Å². The summed E-state index contributed by atoms with van der Waals surface area (Å²) in [5, 5.41) is 2.67. The molecule has 0 unspecified atom stereocenters. The first kappa shape index (κ1) is 23.4. The van der Waals surface area contributed by atoms with Gasteiger partial charge in [0, 0.05) is 39.0 Å². The number of nitrogens with zero attached hydrogens (tertiary/aromatic N) is 2. The van der Waals surface area contributed by atoms with E-state index in [0.29, 0.717) is 19.4 Å². The molecule has 176 valence electrons. The quantitative estimate of drug-likeness (QED) is 0.688. The standard InChI is InChI=1S/C24H29N3O5S/c1-18-3-7-20(8-4-18)17-25-22(28)23(29)26-13-11-24(12-14-26)27(15-16-32-24)33(30,31)21-9-5-19(2)6-10-21/h3-10H,11-17H2,1-2H3,(H,25,28). The van der Waals surface area contributed by atoms with Gasteiger partial charge in [-0.05, 0) is 31.5 Å². The van der Waals surface area contributed by atoms with Crippen LogP contribution in [-0.4, -0.2) is 61.4 Å². The Kier molecular flexibility index (Phi) is 6.56. The van der Waals surface area contributed by atoms with Crippen molar-refractivity contribution in [3.8, 4) is 0 Å². The van der Waals surface area contributed by atoms with Crippen molar-refractivity contribution in [2.24, 2.45) is 0 Å². The Balaban J connectivity index is 1.38. The van der Waals surface area contributed by atoms with Gasteiger partial charge in [0.15, 0.2) is 0 Å². The number of hydrogen-bond acceptors (Lipinski definition) is 5. The van der Waals surface area contributed by atoms with Crippen LogP contribution in [-0.2, 0) is 30.9 Å². The molecule has 8 nitrogen and oxygen atoms in total. The Bertz CT molecular complexity index is 1120. The average molecular weight is 472 g/mol. The minimum atomic E-state index is -3.73. The molecule has 0 aliphatic carbocycles. The zero-order chi connectivity index (χ0) is 23.6. The van der Waals surface area contributed by atoms with Gasteiger partial charge in [0.1, 0.15) is 5.72 Å². The third-order valence-corrected chi connectivity index (χ3v) is 8.29. The molecule has 0 radical (unpaired) electrons. The van der Waals surface area contributed by atoms with Crippen molar-refractivity contribution >= 4 is 21.8 Å². The van der Waals surface area contributed by atoms with Gasteiger partial charge >= 0.3 is 11.8 Å². The van der Waals surface area contributed by atoms with E-state index in [2.05, 4.69) is 5.32 Å². The molecule has 2 fully saturated rings. The minimum Gasteiger partial charge on any atom is -0.358 e. The molecule has 2 heterocycles. The van der Waals surface area contributed by atoms with Crippen LogP contribution >= 0.6 is 0 Å². The first-order valence-electron chi connectivity index (χ1n) is 11.1. The van der Waals surface area contributed by atoms with E-state index < -0.39 is 27.6 Å². The summed E-state index contributed by atoms with van der Waals surface area (Å²) in [4.78, 5) is 26.7. The normalized spacial score (nSPS) is 18.4. The second-order valence-electron chi connectivity index (χ2n) is 8.65. The molecule has 4 rings (SSSR count). The molecule has 0 saturated carbocycles. The molecular weight excluding hydrogens is 442 g/mol. The first-order valence-corrected chi connectivity index (χ1v) is 12.5. The van der Waals surface area contributed by atoms with Crippen molar-refractivity contribution < 1.29 is 22.7 Å². The SMILES string of the molecule is Cc1ccc(CNC(=O)C(=O)N2CCC3(CC2)OCCN3S(=O)(=O)c2ccc(C)cc2)cc1. The summed E-state index contributed by atoms with van der Waals surface area (Å²) >= 11 is 0. The summed E-state index contributed by atoms with van der Waals surface area (Å²) in [5.74, 6) is -1.27. The number of carbonyl (C=O) groups excluding carboxylic acids is 2. The fourth-order valence-corrected chi connectivity index (χ4v) is 6.05. The van der Waals surface area contributed by atoms with Crippen LogP contribution in [0.2, 0.25) is 0 Å². The zero-order valence-electron chi connectivity index (χ0n) is 18.9. The minimum absolute atomic E-state index is 0.229. The van der Waals surface area contributed by atoms with Crippen LogP contribution in [0.5, 0.6) is 0 Å². The van der Waals surface area contributed by atoms with Crippen molar-refractivity contribution in [1.29, 1.82) is 0 Å². The number of ether oxygens (including phenoxy) is 1. The lowest BCUT2D eigenvalue weighted by Gasteiger charge is -2.42. The van der Waals surface area contributed by atoms with Crippen molar-refractivity contribution in [3.63, 3.8) is 0 Å². The second-order valence-corrected chi connectivity index (χ2v) is 10.5. The highest BCUT2D eigenvalue weighted by Gasteiger charge is 2.51. The molecule has 1 spiro atoms. The van der Waals surface area contributed by atoms with Crippen molar-refractivity contribution in [1.82, 2.24) is 14.5 Å². The summed E-state index contributed by atoms with van der Waals surface area (Å²) in [6.07, 6.45) is 0.629. The maximum Gasteiger partial charge on any atom is 0.311 e. The zero-order valence-corrected chi connectivity index (χ0v) is 19.7. The van der Waals surface area contributed by atoms with E-state index in [4.69, 9.17) is 4.74 Å². The van der Waals surface area contributed by atoms with Crippen LogP contribution in [0.15, 0.2) is 53.4 Å². The summed E-state index contributed by atoms with van der Waals surface area (Å²) in [5.41, 5.74) is 2.03. The van der Waals surface area contributed by atoms with Gasteiger partial charge in [-0.25, -0.2) is 8.42 Å². The number of piperidine rings is 1. The second kappa shape index (κ2) is 9.24. The fourth-order valence-electron chi connectivity index (χ4n) is 4.33. The van der Waals surface area contributed by atoms with E-state index in [9.17, 15) is 18.0 Å². The molecule has 9 heteroatoms. The molecule has 1 N–H and O–H groups in total. The highest BCUT2D eigenvalue weighted by atomic mass is 32.2. The molecule has 2 aliphatic rings. The number of carbonyl (C=O) groups is 2. The van der Waals surface area contributed by atoms with Crippen molar-refractivity contribution in [2.45, 2.75) is 43.9 Å². The highest BCUT2D eigenvalue weighted by Crippen LogP contribution is 2.38. The molecule has 0 aromatic heterocycles. The Hall–Kier alpha value is -2.75. The van der Waals surface area contributed by atoms with Crippen LogP contribution < -0.4 is 5.32 Å². The van der Waals surface area contributed by atoms with Crippen LogP contribution in [0.3, 0.4) is 0 Å². The predicted octanol–water partition coefficient (Wildman–Crippen LogP) is 1.96. The van der Waals surface area contributed by atoms with Crippen LogP contribution in [0.1, 0.15) is 29.5 Å². The van der Waals surface area contributed by atoms with Gasteiger partial charge in [-0.3, -0.25) is 9.59 Å². The van der Waals surface area contributed by atoms with Gasteiger partial charge in [0.05, 0.1) is 11.5 Å². The van der Waals surface area contributed by atoms with E-state index in [1.807, 2.05) is 38.1 Å². The third kappa shape index (κ3) is 4.80. The molecule has 0 atom stereocenters. The summed E-state index contributed by atoms with van der Waals surface area (Å²) in [6, 6.07) is 14.5. The van der Waals surface area contributed by atoms with Crippen molar-refractivity contribution in [3.05, 3.63) is 65.2 Å². The van der Waals surface area contributed by atoms with E-state index in [0.717, 1.165) is 16.7 Å². The smallest absolute Gasteiger partial charge is 0.311 e. The molecular formula is C24H29N3O5S. The number of nitrogens with one attached hydrogen (secondary N) is 1. The lowest BCUT2D eigenvalue weighted by Crippen LogP contribution is -2.57. The Labute approximate surface area is 194 Å². The monoisotopic (exact) mass is 471 g/mol. The molecule has 2 aliphatic heterocycles. The molecule has 2 amide bonds. The number of rotatable bonds is 4. The summed E-state index contributed by atoms with van der Waals surface area (Å²) < 4.78 is 33.9. The van der Waals surface area contributed by atoms with Crippen molar-refractivity contribution in [2.75, 3.05) is 26.2 Å². The van der Waals surface area contributed by atoms with E-state index >= 15 is 0 Å². The highest BCUT2D eigenvalue weighted by molar-refractivity contribution is 7.89. The number of aryl methyl sites for hydroxylation is 2.